The van der Waals surface area contributed by atoms with Crippen molar-refractivity contribution >= 4 is 5.91 Å². The number of furan rings is 2. The molecule has 2 heterocycles. The van der Waals surface area contributed by atoms with Gasteiger partial charge in [-0.25, -0.2) is 0 Å². The predicted molar refractivity (Wildman–Crippen MR) is 106 cm³/mol. The van der Waals surface area contributed by atoms with Gasteiger partial charge in [0.25, 0.3) is 0 Å². The number of aryl methyl sites for hydroxylation is 1. The van der Waals surface area contributed by atoms with E-state index in [9.17, 15) is 4.79 Å². The van der Waals surface area contributed by atoms with E-state index in [4.69, 9.17) is 8.83 Å². The van der Waals surface area contributed by atoms with E-state index >= 15 is 0 Å². The Labute approximate surface area is 165 Å². The van der Waals surface area contributed by atoms with E-state index in [1.807, 2.05) is 36.2 Å². The number of rotatable bonds is 7. The molecule has 0 radical (unpaired) electrons. The fraction of sp³-hybridized carbons (Fsp3) is 0.348. The van der Waals surface area contributed by atoms with Gasteiger partial charge >= 0.3 is 0 Å². The van der Waals surface area contributed by atoms with Gasteiger partial charge in [-0.2, -0.15) is 0 Å². The summed E-state index contributed by atoms with van der Waals surface area (Å²) in [6, 6.07) is 16.2. The Morgan fingerprint density at radius 2 is 1.68 bits per heavy atom. The van der Waals surface area contributed by atoms with E-state index in [1.165, 1.54) is 11.1 Å². The number of carbonyl (C=O) groups is 1. The van der Waals surface area contributed by atoms with Gasteiger partial charge in [-0.15, -0.1) is 0 Å². The summed E-state index contributed by atoms with van der Waals surface area (Å²) in [4.78, 5) is 17.1. The Balaban J connectivity index is 1.47. The van der Waals surface area contributed by atoms with Gasteiger partial charge in [0.05, 0.1) is 38.2 Å². The van der Waals surface area contributed by atoms with Gasteiger partial charge in [-0.05, 0) is 54.7 Å². The molecule has 0 spiro atoms. The number of likely N-dealkylation sites (N-methyl/N-ethyl adjacent to an activating group) is 1. The summed E-state index contributed by atoms with van der Waals surface area (Å²) >= 11 is 0. The Bertz CT molecular complexity index is 850. The number of amides is 1. The van der Waals surface area contributed by atoms with Crippen LogP contribution in [-0.4, -0.2) is 29.3 Å². The molecule has 1 aliphatic carbocycles. The van der Waals surface area contributed by atoms with Crippen molar-refractivity contribution in [3.63, 3.8) is 0 Å². The normalized spacial score (nSPS) is 16.1. The van der Waals surface area contributed by atoms with Crippen molar-refractivity contribution in [3.8, 4) is 0 Å². The predicted octanol–water partition coefficient (Wildman–Crippen LogP) is 4.41. The number of hydrogen-bond acceptors (Lipinski definition) is 4. The maximum Gasteiger partial charge on any atom is 0.237 e. The van der Waals surface area contributed by atoms with Gasteiger partial charge < -0.3 is 13.7 Å². The molecule has 1 atom stereocenters. The first-order valence-corrected chi connectivity index (χ1v) is 9.81. The molecule has 1 aromatic carbocycles. The molecule has 1 amide bonds. The van der Waals surface area contributed by atoms with E-state index in [2.05, 4.69) is 29.2 Å². The fourth-order valence-electron chi connectivity index (χ4n) is 4.02. The summed E-state index contributed by atoms with van der Waals surface area (Å²) in [5, 5.41) is 0. The molecule has 0 aliphatic heterocycles. The summed E-state index contributed by atoms with van der Waals surface area (Å²) in [7, 11) is 1.92. The van der Waals surface area contributed by atoms with Crippen LogP contribution in [0.25, 0.3) is 0 Å². The van der Waals surface area contributed by atoms with Crippen LogP contribution in [0.2, 0.25) is 0 Å². The van der Waals surface area contributed by atoms with Gasteiger partial charge in [0, 0.05) is 7.05 Å². The summed E-state index contributed by atoms with van der Waals surface area (Å²) in [6.07, 6.45) is 6.54. The molecule has 28 heavy (non-hydrogen) atoms. The number of hydrogen-bond donors (Lipinski definition) is 0. The molecule has 146 valence electrons. The molecule has 0 saturated heterocycles. The zero-order valence-corrected chi connectivity index (χ0v) is 16.2. The minimum atomic E-state index is 0.111. The molecule has 0 fully saturated rings. The highest BCUT2D eigenvalue weighted by atomic mass is 16.3. The Morgan fingerprint density at radius 3 is 2.32 bits per heavy atom. The first-order chi connectivity index (χ1) is 13.7. The van der Waals surface area contributed by atoms with Crippen LogP contribution in [0.3, 0.4) is 0 Å². The molecule has 2 aromatic heterocycles. The second-order valence-electron chi connectivity index (χ2n) is 7.42. The molecule has 0 N–H and O–H groups in total. The largest absolute Gasteiger partial charge is 0.468 e. The van der Waals surface area contributed by atoms with Gasteiger partial charge in [0.1, 0.15) is 11.5 Å². The molecule has 0 bridgehead atoms. The van der Waals surface area contributed by atoms with E-state index in [1.54, 1.807) is 12.5 Å². The monoisotopic (exact) mass is 378 g/mol. The van der Waals surface area contributed by atoms with Crippen molar-refractivity contribution in [2.45, 2.75) is 38.4 Å². The van der Waals surface area contributed by atoms with Crippen LogP contribution < -0.4 is 0 Å². The van der Waals surface area contributed by atoms with E-state index in [-0.39, 0.29) is 11.9 Å². The highest BCUT2D eigenvalue weighted by Gasteiger charge is 2.27. The van der Waals surface area contributed by atoms with Crippen LogP contribution in [0.5, 0.6) is 0 Å². The molecule has 4 rings (SSSR count). The lowest BCUT2D eigenvalue weighted by molar-refractivity contribution is -0.134. The maximum atomic E-state index is 13.1. The third kappa shape index (κ3) is 4.20. The van der Waals surface area contributed by atoms with E-state index < -0.39 is 0 Å². The van der Waals surface area contributed by atoms with Gasteiger partial charge in [0.15, 0.2) is 0 Å². The van der Waals surface area contributed by atoms with Crippen molar-refractivity contribution in [3.05, 3.63) is 83.7 Å². The molecule has 1 unspecified atom stereocenters. The van der Waals surface area contributed by atoms with E-state index in [0.29, 0.717) is 19.6 Å². The number of carbonyl (C=O) groups excluding carboxylic acids is 1. The van der Waals surface area contributed by atoms with Crippen molar-refractivity contribution in [2.75, 3.05) is 13.6 Å². The fourth-order valence-corrected chi connectivity index (χ4v) is 4.02. The molecular weight excluding hydrogens is 352 g/mol. The minimum Gasteiger partial charge on any atom is -0.468 e. The van der Waals surface area contributed by atoms with Crippen LogP contribution in [0, 0.1) is 0 Å². The van der Waals surface area contributed by atoms with Crippen LogP contribution in [0.15, 0.2) is 69.9 Å². The van der Waals surface area contributed by atoms with Crippen molar-refractivity contribution < 1.29 is 13.6 Å². The highest BCUT2D eigenvalue weighted by Crippen LogP contribution is 2.33. The second-order valence-corrected chi connectivity index (χ2v) is 7.42. The topological polar surface area (TPSA) is 49.8 Å². The second kappa shape index (κ2) is 8.48. The lowest BCUT2D eigenvalue weighted by Gasteiger charge is -2.34. The van der Waals surface area contributed by atoms with Crippen molar-refractivity contribution in [1.29, 1.82) is 0 Å². The van der Waals surface area contributed by atoms with Crippen LogP contribution in [0.1, 0.15) is 41.5 Å². The molecule has 1 aliphatic rings. The third-order valence-electron chi connectivity index (χ3n) is 5.48. The molecule has 0 saturated carbocycles. The third-order valence-corrected chi connectivity index (χ3v) is 5.48. The molecule has 5 heteroatoms. The average molecular weight is 378 g/mol. The lowest BCUT2D eigenvalue weighted by Crippen LogP contribution is -2.40. The minimum absolute atomic E-state index is 0.111. The zero-order valence-electron chi connectivity index (χ0n) is 16.2. The van der Waals surface area contributed by atoms with Gasteiger partial charge in [-0.3, -0.25) is 9.69 Å². The van der Waals surface area contributed by atoms with Gasteiger partial charge in [0.2, 0.25) is 5.91 Å². The standard InChI is InChI=1S/C23H26N2O3/c1-24(22-12-4-8-18-7-2-3-11-21(18)22)23(26)17-25(15-19-9-5-13-27-19)16-20-10-6-14-28-20/h2-3,5-7,9-11,13-14,22H,4,8,12,15-17H2,1H3. The summed E-state index contributed by atoms with van der Waals surface area (Å²) in [5.41, 5.74) is 2.65. The summed E-state index contributed by atoms with van der Waals surface area (Å²) < 4.78 is 11.0. The Kier molecular flexibility index (Phi) is 5.63. The Hall–Kier alpha value is -2.79. The van der Waals surface area contributed by atoms with Gasteiger partial charge in [-0.1, -0.05) is 24.3 Å². The first-order valence-electron chi connectivity index (χ1n) is 9.81. The first kappa shape index (κ1) is 18.6. The highest BCUT2D eigenvalue weighted by molar-refractivity contribution is 5.78. The molecule has 3 aromatic rings. The summed E-state index contributed by atoms with van der Waals surface area (Å²) in [5.74, 6) is 1.79. The molecular formula is C23H26N2O3. The van der Waals surface area contributed by atoms with Crippen LogP contribution >= 0.6 is 0 Å². The van der Waals surface area contributed by atoms with Crippen molar-refractivity contribution in [1.82, 2.24) is 9.80 Å². The number of fused-ring (bicyclic) bond motifs is 1. The lowest BCUT2D eigenvalue weighted by atomic mass is 9.87. The number of benzene rings is 1. The Morgan fingerprint density at radius 1 is 1.00 bits per heavy atom. The average Bonchev–Trinajstić information content (AvgIpc) is 3.41. The quantitative estimate of drug-likeness (QED) is 0.611. The zero-order chi connectivity index (χ0) is 19.3. The van der Waals surface area contributed by atoms with E-state index in [0.717, 1.165) is 30.8 Å². The SMILES string of the molecule is CN(C(=O)CN(Cc1ccco1)Cc1ccco1)C1CCCc2ccccc21. The molecule has 5 nitrogen and oxygen atoms in total. The van der Waals surface area contributed by atoms with Crippen LogP contribution in [-0.2, 0) is 24.3 Å². The van der Waals surface area contributed by atoms with Crippen molar-refractivity contribution in [2.24, 2.45) is 0 Å². The maximum absolute atomic E-state index is 13.1. The van der Waals surface area contributed by atoms with Crippen LogP contribution in [0.4, 0.5) is 0 Å². The smallest absolute Gasteiger partial charge is 0.237 e. The number of nitrogens with zero attached hydrogens (tertiary/aromatic N) is 2. The summed E-state index contributed by atoms with van der Waals surface area (Å²) in [6.45, 7) is 1.44.